The number of hydrogen-bond acceptors (Lipinski definition) is 1. The molecule has 0 heterocycles. The molecule has 18 heavy (non-hydrogen) atoms. The van der Waals surface area contributed by atoms with Gasteiger partial charge in [-0.3, -0.25) is 0 Å². The van der Waals surface area contributed by atoms with Crippen LogP contribution in [0.2, 0.25) is 0 Å². The van der Waals surface area contributed by atoms with E-state index in [9.17, 15) is 17.6 Å². The van der Waals surface area contributed by atoms with Gasteiger partial charge in [0, 0.05) is 15.4 Å². The Labute approximate surface area is 106 Å². The molecule has 0 bridgehead atoms. The van der Waals surface area contributed by atoms with Gasteiger partial charge in [-0.1, -0.05) is 11.8 Å². The number of hydrogen-bond donors (Lipinski definition) is 0. The average molecular weight is 272 g/mol. The van der Waals surface area contributed by atoms with Crippen molar-refractivity contribution in [3.8, 4) is 0 Å². The highest BCUT2D eigenvalue weighted by molar-refractivity contribution is 7.99. The quantitative estimate of drug-likeness (QED) is 0.704. The molecule has 2 aromatic rings. The van der Waals surface area contributed by atoms with E-state index in [2.05, 4.69) is 0 Å². The fraction of sp³-hybridized carbons (Fsp3) is 0.0769. The van der Waals surface area contributed by atoms with Gasteiger partial charge in [0.05, 0.1) is 0 Å². The van der Waals surface area contributed by atoms with Crippen molar-refractivity contribution in [1.29, 1.82) is 0 Å². The highest BCUT2D eigenvalue weighted by atomic mass is 32.2. The standard InChI is InChI=1S/C13H8F4S/c14-8-1-4-10(5-2-8)18-12-6-3-9(15)7-11(12)13(16)17/h1-7,13H. The molecule has 0 saturated heterocycles. The molecule has 0 radical (unpaired) electrons. The molecule has 0 saturated carbocycles. The van der Waals surface area contributed by atoms with Crippen LogP contribution < -0.4 is 0 Å². The molecule has 2 rings (SSSR count). The summed E-state index contributed by atoms with van der Waals surface area (Å²) in [6, 6.07) is 8.69. The van der Waals surface area contributed by atoms with Gasteiger partial charge in [0.2, 0.25) is 0 Å². The highest BCUT2D eigenvalue weighted by Gasteiger charge is 2.14. The number of alkyl halides is 2. The lowest BCUT2D eigenvalue weighted by Gasteiger charge is -2.08. The summed E-state index contributed by atoms with van der Waals surface area (Å²) in [7, 11) is 0. The van der Waals surface area contributed by atoms with Crippen molar-refractivity contribution in [2.75, 3.05) is 0 Å². The first-order valence-corrected chi connectivity index (χ1v) is 5.89. The first kappa shape index (κ1) is 13.0. The molecule has 0 nitrogen and oxygen atoms in total. The van der Waals surface area contributed by atoms with E-state index in [-0.39, 0.29) is 10.5 Å². The van der Waals surface area contributed by atoms with Gasteiger partial charge in [-0.25, -0.2) is 17.6 Å². The molecule has 94 valence electrons. The third-order valence-electron chi connectivity index (χ3n) is 2.25. The van der Waals surface area contributed by atoms with E-state index in [1.165, 1.54) is 30.3 Å². The van der Waals surface area contributed by atoms with E-state index in [0.717, 1.165) is 23.9 Å². The van der Waals surface area contributed by atoms with Crippen LogP contribution in [0.3, 0.4) is 0 Å². The summed E-state index contributed by atoms with van der Waals surface area (Å²) in [6.07, 6.45) is -2.75. The third-order valence-corrected chi connectivity index (χ3v) is 3.35. The van der Waals surface area contributed by atoms with Crippen LogP contribution in [0, 0.1) is 11.6 Å². The summed E-state index contributed by atoms with van der Waals surface area (Å²) in [6.45, 7) is 0. The van der Waals surface area contributed by atoms with Crippen molar-refractivity contribution in [2.45, 2.75) is 16.2 Å². The lowest BCUT2D eigenvalue weighted by Crippen LogP contribution is -1.90. The minimum Gasteiger partial charge on any atom is -0.207 e. The minimum absolute atomic E-state index is 0.262. The van der Waals surface area contributed by atoms with Gasteiger partial charge in [0.1, 0.15) is 11.6 Å². The Bertz CT molecular complexity index is 537. The van der Waals surface area contributed by atoms with Gasteiger partial charge in [-0.15, -0.1) is 0 Å². The van der Waals surface area contributed by atoms with Gasteiger partial charge >= 0.3 is 0 Å². The fourth-order valence-corrected chi connectivity index (χ4v) is 2.34. The molecule has 0 N–H and O–H groups in total. The Morgan fingerprint density at radius 3 is 2.06 bits per heavy atom. The molecule has 0 unspecified atom stereocenters. The first-order valence-electron chi connectivity index (χ1n) is 5.07. The van der Waals surface area contributed by atoms with Crippen molar-refractivity contribution in [3.63, 3.8) is 0 Å². The molecule has 0 amide bonds. The highest BCUT2D eigenvalue weighted by Crippen LogP contribution is 2.35. The molecule has 2 aromatic carbocycles. The van der Waals surface area contributed by atoms with Crippen molar-refractivity contribution < 1.29 is 17.6 Å². The Morgan fingerprint density at radius 2 is 1.44 bits per heavy atom. The number of rotatable bonds is 3. The molecule has 0 atom stereocenters. The topological polar surface area (TPSA) is 0 Å². The summed E-state index contributed by atoms with van der Waals surface area (Å²) < 4.78 is 51.1. The minimum atomic E-state index is -2.75. The molecule has 0 spiro atoms. The van der Waals surface area contributed by atoms with Gasteiger partial charge in [-0.2, -0.15) is 0 Å². The average Bonchev–Trinajstić information content (AvgIpc) is 2.34. The molecule has 0 fully saturated rings. The second kappa shape index (κ2) is 5.44. The van der Waals surface area contributed by atoms with E-state index in [1.807, 2.05) is 0 Å². The van der Waals surface area contributed by atoms with Crippen LogP contribution in [0.4, 0.5) is 17.6 Å². The summed E-state index contributed by atoms with van der Waals surface area (Å²) >= 11 is 1.05. The van der Waals surface area contributed by atoms with Gasteiger partial charge in [-0.05, 0) is 42.5 Å². The monoisotopic (exact) mass is 272 g/mol. The van der Waals surface area contributed by atoms with E-state index >= 15 is 0 Å². The van der Waals surface area contributed by atoms with Crippen LogP contribution >= 0.6 is 11.8 Å². The Morgan fingerprint density at radius 1 is 0.833 bits per heavy atom. The van der Waals surface area contributed by atoms with E-state index < -0.39 is 18.1 Å². The summed E-state index contributed by atoms with van der Waals surface area (Å²) in [4.78, 5) is 0.878. The SMILES string of the molecule is Fc1ccc(Sc2ccc(F)cc2C(F)F)cc1. The predicted molar refractivity (Wildman–Crippen MR) is 61.9 cm³/mol. The van der Waals surface area contributed by atoms with Crippen LogP contribution in [-0.2, 0) is 0 Å². The maximum absolute atomic E-state index is 12.9. The lowest BCUT2D eigenvalue weighted by molar-refractivity contribution is 0.147. The normalized spacial score (nSPS) is 10.9. The van der Waals surface area contributed by atoms with Crippen LogP contribution in [-0.4, -0.2) is 0 Å². The summed E-state index contributed by atoms with van der Waals surface area (Å²) in [5.41, 5.74) is -0.357. The smallest absolute Gasteiger partial charge is 0.207 e. The van der Waals surface area contributed by atoms with Gasteiger partial charge in [0.25, 0.3) is 6.43 Å². The lowest BCUT2D eigenvalue weighted by atomic mass is 10.2. The van der Waals surface area contributed by atoms with Crippen LogP contribution in [0.15, 0.2) is 52.3 Å². The van der Waals surface area contributed by atoms with Crippen LogP contribution in [0.1, 0.15) is 12.0 Å². The van der Waals surface area contributed by atoms with Crippen molar-refractivity contribution >= 4 is 11.8 Å². The van der Waals surface area contributed by atoms with E-state index in [1.54, 1.807) is 0 Å². The Kier molecular flexibility index (Phi) is 3.91. The van der Waals surface area contributed by atoms with Crippen molar-refractivity contribution in [3.05, 3.63) is 59.7 Å². The molecule has 5 heteroatoms. The van der Waals surface area contributed by atoms with Gasteiger partial charge in [0.15, 0.2) is 0 Å². The van der Waals surface area contributed by atoms with Crippen LogP contribution in [0.5, 0.6) is 0 Å². The molecular formula is C13H8F4S. The largest absolute Gasteiger partial charge is 0.265 e. The zero-order valence-corrected chi connectivity index (χ0v) is 9.86. The second-order valence-corrected chi connectivity index (χ2v) is 4.65. The first-order chi connectivity index (χ1) is 8.56. The number of halogens is 4. The van der Waals surface area contributed by atoms with Crippen LogP contribution in [0.25, 0.3) is 0 Å². The van der Waals surface area contributed by atoms with Gasteiger partial charge < -0.3 is 0 Å². The summed E-state index contributed by atoms with van der Waals surface area (Å²) in [5.74, 6) is -1.10. The summed E-state index contributed by atoms with van der Waals surface area (Å²) in [5, 5.41) is 0. The zero-order valence-electron chi connectivity index (χ0n) is 9.04. The Balaban J connectivity index is 2.31. The molecule has 0 aromatic heterocycles. The van der Waals surface area contributed by atoms with Crippen molar-refractivity contribution in [1.82, 2.24) is 0 Å². The Hall–Kier alpha value is -1.49. The molecule has 0 aliphatic rings. The molecule has 0 aliphatic carbocycles. The van der Waals surface area contributed by atoms with Crippen molar-refractivity contribution in [2.24, 2.45) is 0 Å². The predicted octanol–water partition coefficient (Wildman–Crippen LogP) is 5.05. The second-order valence-electron chi connectivity index (χ2n) is 3.54. The maximum Gasteiger partial charge on any atom is 0.265 e. The molecule has 0 aliphatic heterocycles. The zero-order chi connectivity index (χ0) is 13.1. The third kappa shape index (κ3) is 3.04. The van der Waals surface area contributed by atoms with E-state index in [4.69, 9.17) is 0 Å². The number of benzene rings is 2. The maximum atomic E-state index is 12.9. The molecular weight excluding hydrogens is 264 g/mol. The fourth-order valence-electron chi connectivity index (χ4n) is 1.41. The van der Waals surface area contributed by atoms with E-state index in [0.29, 0.717) is 4.90 Å².